The van der Waals surface area contributed by atoms with Gasteiger partial charge in [-0.25, -0.2) is 4.79 Å². The van der Waals surface area contributed by atoms with Crippen LogP contribution in [0.4, 0.5) is 0 Å². The third-order valence-corrected chi connectivity index (χ3v) is 3.19. The van der Waals surface area contributed by atoms with Crippen molar-refractivity contribution >= 4 is 5.97 Å². The Hall–Kier alpha value is -1.31. The van der Waals surface area contributed by atoms with Crippen LogP contribution < -0.4 is 0 Å². The number of hydrogen-bond donors (Lipinski definition) is 0. The summed E-state index contributed by atoms with van der Waals surface area (Å²) >= 11 is 0. The average molecular weight is 262 g/mol. The molecule has 0 spiro atoms. The number of rotatable bonds is 2. The molecule has 0 heterocycles. The molecule has 0 bridgehead atoms. The highest BCUT2D eigenvalue weighted by Crippen LogP contribution is 2.31. The molecule has 106 valence electrons. The number of ether oxygens (including phenoxy) is 1. The van der Waals surface area contributed by atoms with E-state index in [1.807, 2.05) is 13.0 Å². The largest absolute Gasteiger partial charge is 0.462 e. The fourth-order valence-corrected chi connectivity index (χ4v) is 2.04. The van der Waals surface area contributed by atoms with Crippen LogP contribution in [0.1, 0.15) is 70.0 Å². The second-order valence-electron chi connectivity index (χ2n) is 6.98. The van der Waals surface area contributed by atoms with Gasteiger partial charge in [-0.2, -0.15) is 0 Å². The van der Waals surface area contributed by atoms with E-state index in [0.717, 1.165) is 11.1 Å². The van der Waals surface area contributed by atoms with Gasteiger partial charge in [0.2, 0.25) is 0 Å². The summed E-state index contributed by atoms with van der Waals surface area (Å²) < 4.78 is 5.19. The molecule has 0 radical (unpaired) electrons. The highest BCUT2D eigenvalue weighted by atomic mass is 16.5. The molecule has 0 amide bonds. The van der Waals surface area contributed by atoms with Crippen LogP contribution >= 0.6 is 0 Å². The molecule has 0 unspecified atom stereocenters. The van der Waals surface area contributed by atoms with Crippen molar-refractivity contribution in [2.24, 2.45) is 0 Å². The van der Waals surface area contributed by atoms with Crippen LogP contribution in [0, 0.1) is 0 Å². The SMILES string of the molecule is CCOC(=O)c1cc(C(C)(C)C)ccc1C(C)(C)C. The first-order chi connectivity index (χ1) is 8.57. The molecule has 0 N–H and O–H groups in total. The second kappa shape index (κ2) is 5.36. The molecule has 0 aromatic heterocycles. The summed E-state index contributed by atoms with van der Waals surface area (Å²) in [6.45, 7) is 15.0. The van der Waals surface area contributed by atoms with E-state index in [2.05, 4.69) is 53.7 Å². The lowest BCUT2D eigenvalue weighted by Crippen LogP contribution is -2.20. The molecule has 2 heteroatoms. The van der Waals surface area contributed by atoms with E-state index in [0.29, 0.717) is 12.2 Å². The molecule has 0 aliphatic rings. The standard InChI is InChI=1S/C17H26O2/c1-8-19-15(18)13-11-12(16(2,3)4)9-10-14(13)17(5,6)7/h9-11H,8H2,1-7H3. The van der Waals surface area contributed by atoms with Crippen molar-refractivity contribution in [2.75, 3.05) is 6.61 Å². The van der Waals surface area contributed by atoms with Crippen LogP contribution in [-0.2, 0) is 15.6 Å². The van der Waals surface area contributed by atoms with Crippen LogP contribution in [0.3, 0.4) is 0 Å². The van der Waals surface area contributed by atoms with E-state index >= 15 is 0 Å². The molecule has 19 heavy (non-hydrogen) atoms. The van der Waals surface area contributed by atoms with Crippen molar-refractivity contribution in [2.45, 2.75) is 59.3 Å². The van der Waals surface area contributed by atoms with Crippen molar-refractivity contribution in [3.05, 3.63) is 34.9 Å². The van der Waals surface area contributed by atoms with Gasteiger partial charge in [0.25, 0.3) is 0 Å². The third kappa shape index (κ3) is 3.82. The molecule has 1 aromatic rings. The Morgan fingerprint density at radius 1 is 1.05 bits per heavy atom. The van der Waals surface area contributed by atoms with E-state index in [1.54, 1.807) is 0 Å². The average Bonchev–Trinajstić information content (AvgIpc) is 2.26. The molecule has 1 aromatic carbocycles. The fourth-order valence-electron chi connectivity index (χ4n) is 2.04. The van der Waals surface area contributed by atoms with Crippen LogP contribution in [0.15, 0.2) is 18.2 Å². The maximum atomic E-state index is 12.2. The summed E-state index contributed by atoms with van der Waals surface area (Å²) in [4.78, 5) is 12.2. The summed E-state index contributed by atoms with van der Waals surface area (Å²) in [7, 11) is 0. The molecule has 0 aliphatic carbocycles. The van der Waals surface area contributed by atoms with Gasteiger partial charge in [0.1, 0.15) is 0 Å². The smallest absolute Gasteiger partial charge is 0.338 e. The van der Waals surface area contributed by atoms with Gasteiger partial charge in [0.05, 0.1) is 12.2 Å². The number of esters is 1. The van der Waals surface area contributed by atoms with Crippen LogP contribution in [0.2, 0.25) is 0 Å². The van der Waals surface area contributed by atoms with Crippen molar-refractivity contribution in [1.29, 1.82) is 0 Å². The van der Waals surface area contributed by atoms with Gasteiger partial charge in [-0.15, -0.1) is 0 Å². The molecule has 0 saturated carbocycles. The number of carbonyl (C=O) groups is 1. The molecule has 0 atom stereocenters. The molecule has 1 rings (SSSR count). The lowest BCUT2D eigenvalue weighted by atomic mass is 9.79. The van der Waals surface area contributed by atoms with Crippen LogP contribution in [0.5, 0.6) is 0 Å². The van der Waals surface area contributed by atoms with Gasteiger partial charge >= 0.3 is 5.97 Å². The summed E-state index contributed by atoms with van der Waals surface area (Å²) in [6.07, 6.45) is 0. The normalized spacial score (nSPS) is 12.4. The van der Waals surface area contributed by atoms with Crippen LogP contribution in [0.25, 0.3) is 0 Å². The molecule has 2 nitrogen and oxygen atoms in total. The van der Waals surface area contributed by atoms with Crippen molar-refractivity contribution in [3.63, 3.8) is 0 Å². The Kier molecular flexibility index (Phi) is 4.44. The molecular weight excluding hydrogens is 236 g/mol. The first-order valence-corrected chi connectivity index (χ1v) is 6.89. The maximum absolute atomic E-state index is 12.2. The minimum absolute atomic E-state index is 0.0255. The summed E-state index contributed by atoms with van der Waals surface area (Å²) in [5, 5.41) is 0. The zero-order valence-corrected chi connectivity index (χ0v) is 13.3. The predicted octanol–water partition coefficient (Wildman–Crippen LogP) is 4.46. The lowest BCUT2D eigenvalue weighted by molar-refractivity contribution is 0.0523. The summed E-state index contributed by atoms with van der Waals surface area (Å²) in [5.74, 6) is -0.224. The summed E-state index contributed by atoms with van der Waals surface area (Å²) in [6, 6.07) is 6.16. The second-order valence-corrected chi connectivity index (χ2v) is 6.98. The minimum atomic E-state index is -0.224. The van der Waals surface area contributed by atoms with Gasteiger partial charge in [-0.1, -0.05) is 53.7 Å². The van der Waals surface area contributed by atoms with E-state index in [9.17, 15) is 4.79 Å². The van der Waals surface area contributed by atoms with Crippen LogP contribution in [-0.4, -0.2) is 12.6 Å². The number of carbonyl (C=O) groups excluding carboxylic acids is 1. The highest BCUT2D eigenvalue weighted by molar-refractivity contribution is 5.91. The first-order valence-electron chi connectivity index (χ1n) is 6.89. The molecule has 0 fully saturated rings. The van der Waals surface area contributed by atoms with Gasteiger partial charge in [0, 0.05) is 0 Å². The van der Waals surface area contributed by atoms with E-state index in [-0.39, 0.29) is 16.8 Å². The Morgan fingerprint density at radius 3 is 2.05 bits per heavy atom. The molecule has 0 aliphatic heterocycles. The number of hydrogen-bond acceptors (Lipinski definition) is 2. The summed E-state index contributed by atoms with van der Waals surface area (Å²) in [5.41, 5.74) is 2.85. The first kappa shape index (κ1) is 15.7. The quantitative estimate of drug-likeness (QED) is 0.736. The molecular formula is C17H26O2. The van der Waals surface area contributed by atoms with Gasteiger partial charge in [0.15, 0.2) is 0 Å². The monoisotopic (exact) mass is 262 g/mol. The van der Waals surface area contributed by atoms with Crippen molar-refractivity contribution in [1.82, 2.24) is 0 Å². The van der Waals surface area contributed by atoms with Gasteiger partial charge in [-0.3, -0.25) is 0 Å². The van der Waals surface area contributed by atoms with Crippen molar-refractivity contribution < 1.29 is 9.53 Å². The third-order valence-electron chi connectivity index (χ3n) is 3.19. The van der Waals surface area contributed by atoms with Crippen molar-refractivity contribution in [3.8, 4) is 0 Å². The number of benzene rings is 1. The topological polar surface area (TPSA) is 26.3 Å². The predicted molar refractivity (Wildman–Crippen MR) is 79.8 cm³/mol. The fraction of sp³-hybridized carbons (Fsp3) is 0.588. The van der Waals surface area contributed by atoms with Gasteiger partial charge in [-0.05, 0) is 34.9 Å². The molecule has 0 saturated heterocycles. The van der Waals surface area contributed by atoms with Gasteiger partial charge < -0.3 is 4.74 Å². The minimum Gasteiger partial charge on any atom is -0.462 e. The Bertz CT molecular complexity index is 459. The lowest BCUT2D eigenvalue weighted by Gasteiger charge is -2.26. The zero-order valence-electron chi connectivity index (χ0n) is 13.3. The van der Waals surface area contributed by atoms with E-state index in [4.69, 9.17) is 4.74 Å². The Labute approximate surface area is 117 Å². The Morgan fingerprint density at radius 2 is 1.63 bits per heavy atom. The maximum Gasteiger partial charge on any atom is 0.338 e. The highest BCUT2D eigenvalue weighted by Gasteiger charge is 2.25. The van der Waals surface area contributed by atoms with E-state index in [1.165, 1.54) is 0 Å². The van der Waals surface area contributed by atoms with E-state index < -0.39 is 0 Å². The zero-order chi connectivity index (χ0) is 14.8. The Balaban J connectivity index is 3.39.